The van der Waals surface area contributed by atoms with Gasteiger partial charge in [-0.1, -0.05) is 12.1 Å². The maximum Gasteiger partial charge on any atom is 0.338 e. The van der Waals surface area contributed by atoms with Crippen molar-refractivity contribution in [3.8, 4) is 0 Å². The average Bonchev–Trinajstić information content (AvgIpc) is 3.15. The van der Waals surface area contributed by atoms with Gasteiger partial charge in [-0.3, -0.25) is 4.79 Å². The molecule has 2 heterocycles. The summed E-state index contributed by atoms with van der Waals surface area (Å²) >= 11 is 0. The summed E-state index contributed by atoms with van der Waals surface area (Å²) in [5, 5.41) is 8.31. The lowest BCUT2D eigenvalue weighted by atomic mass is 10.0. The van der Waals surface area contributed by atoms with Gasteiger partial charge in [-0.15, -0.1) is 0 Å². The number of piperidine rings is 1. The lowest BCUT2D eigenvalue weighted by Crippen LogP contribution is -2.40. The van der Waals surface area contributed by atoms with Crippen molar-refractivity contribution in [3.05, 3.63) is 47.8 Å². The van der Waals surface area contributed by atoms with Gasteiger partial charge in [-0.2, -0.15) is 15.0 Å². The Hall–Kier alpha value is -2.70. The lowest BCUT2D eigenvalue weighted by molar-refractivity contribution is 0.0583. The molecule has 1 aromatic heterocycles. The van der Waals surface area contributed by atoms with Crippen molar-refractivity contribution in [3.63, 3.8) is 0 Å². The van der Waals surface area contributed by atoms with Crippen LogP contribution in [0.4, 0.5) is 0 Å². The first-order valence-electron chi connectivity index (χ1n) is 7.53. The van der Waals surface area contributed by atoms with Crippen LogP contribution >= 0.6 is 0 Å². The highest BCUT2D eigenvalue weighted by molar-refractivity contribution is 6.05. The second-order valence-electron chi connectivity index (χ2n) is 5.41. The van der Waals surface area contributed by atoms with Gasteiger partial charge in [-0.25, -0.2) is 4.79 Å². The third-order valence-electron chi connectivity index (χ3n) is 4.08. The summed E-state index contributed by atoms with van der Waals surface area (Å²) < 4.78 is 4.75. The van der Waals surface area contributed by atoms with E-state index in [9.17, 15) is 9.59 Å². The van der Waals surface area contributed by atoms with Gasteiger partial charge >= 0.3 is 5.97 Å². The number of carbonyl (C=O) groups is 2. The fourth-order valence-corrected chi connectivity index (χ4v) is 2.84. The van der Waals surface area contributed by atoms with E-state index in [1.54, 1.807) is 46.4 Å². The minimum atomic E-state index is -0.496. The maximum absolute atomic E-state index is 12.7. The maximum atomic E-state index is 12.7. The van der Waals surface area contributed by atoms with Crippen LogP contribution in [0, 0.1) is 0 Å². The van der Waals surface area contributed by atoms with E-state index in [-0.39, 0.29) is 11.9 Å². The number of hydrogen-bond donors (Lipinski definition) is 0. The molecule has 23 heavy (non-hydrogen) atoms. The van der Waals surface area contributed by atoms with Gasteiger partial charge in [-0.05, 0) is 25.0 Å². The van der Waals surface area contributed by atoms with Gasteiger partial charge < -0.3 is 9.64 Å². The first-order chi connectivity index (χ1) is 11.2. The number of methoxy groups -OCH3 is 1. The quantitative estimate of drug-likeness (QED) is 0.803. The van der Waals surface area contributed by atoms with Crippen LogP contribution in [0.5, 0.6) is 0 Å². The van der Waals surface area contributed by atoms with Gasteiger partial charge in [0.1, 0.15) is 0 Å². The smallest absolute Gasteiger partial charge is 0.338 e. The van der Waals surface area contributed by atoms with E-state index in [0.29, 0.717) is 24.2 Å². The SMILES string of the molecule is COC(=O)c1ccccc1C(=O)N1CCC(n2nccn2)CC1. The highest BCUT2D eigenvalue weighted by atomic mass is 16.5. The van der Waals surface area contributed by atoms with Crippen LogP contribution in [0.2, 0.25) is 0 Å². The van der Waals surface area contributed by atoms with E-state index >= 15 is 0 Å². The molecule has 3 rings (SSSR count). The molecule has 1 aliphatic heterocycles. The first-order valence-corrected chi connectivity index (χ1v) is 7.53. The Balaban J connectivity index is 1.72. The van der Waals surface area contributed by atoms with E-state index in [1.165, 1.54) is 7.11 Å². The molecule has 7 heteroatoms. The van der Waals surface area contributed by atoms with Crippen LogP contribution in [-0.4, -0.2) is 52.0 Å². The molecule has 2 aromatic rings. The van der Waals surface area contributed by atoms with Crippen LogP contribution in [0.25, 0.3) is 0 Å². The van der Waals surface area contributed by atoms with E-state index in [1.807, 2.05) is 0 Å². The monoisotopic (exact) mass is 314 g/mol. The summed E-state index contributed by atoms with van der Waals surface area (Å²) in [5.41, 5.74) is 0.686. The van der Waals surface area contributed by atoms with Crippen molar-refractivity contribution in [2.45, 2.75) is 18.9 Å². The third-order valence-corrected chi connectivity index (χ3v) is 4.08. The standard InChI is InChI=1S/C16H18N4O3/c1-23-16(22)14-5-3-2-4-13(14)15(21)19-10-6-12(7-11-19)20-17-8-9-18-20/h2-5,8-9,12H,6-7,10-11H2,1H3. The number of likely N-dealkylation sites (tertiary alicyclic amines) is 1. The van der Waals surface area contributed by atoms with E-state index < -0.39 is 5.97 Å². The Kier molecular flexibility index (Phi) is 4.36. The topological polar surface area (TPSA) is 77.3 Å². The summed E-state index contributed by atoms with van der Waals surface area (Å²) in [7, 11) is 1.31. The normalized spacial score (nSPS) is 15.4. The van der Waals surface area contributed by atoms with Crippen LogP contribution in [0.3, 0.4) is 0 Å². The molecule has 1 amide bonds. The Morgan fingerprint density at radius 2 is 1.70 bits per heavy atom. The number of hydrogen-bond acceptors (Lipinski definition) is 5. The summed E-state index contributed by atoms with van der Waals surface area (Å²) in [6.07, 6.45) is 4.90. The molecule has 1 fully saturated rings. The van der Waals surface area contributed by atoms with Crippen molar-refractivity contribution in [2.24, 2.45) is 0 Å². The van der Waals surface area contributed by atoms with Crippen molar-refractivity contribution < 1.29 is 14.3 Å². The van der Waals surface area contributed by atoms with Gasteiger partial charge in [0.2, 0.25) is 0 Å². The molecule has 0 radical (unpaired) electrons. The van der Waals surface area contributed by atoms with E-state index in [0.717, 1.165) is 12.8 Å². The zero-order valence-electron chi connectivity index (χ0n) is 12.9. The van der Waals surface area contributed by atoms with Gasteiger partial charge in [0.25, 0.3) is 5.91 Å². The Morgan fingerprint density at radius 1 is 1.09 bits per heavy atom. The van der Waals surface area contributed by atoms with Crippen molar-refractivity contribution in [2.75, 3.05) is 20.2 Å². The number of benzene rings is 1. The van der Waals surface area contributed by atoms with Gasteiger partial charge in [0, 0.05) is 13.1 Å². The van der Waals surface area contributed by atoms with Crippen LogP contribution < -0.4 is 0 Å². The van der Waals surface area contributed by atoms with Gasteiger partial charge in [0.15, 0.2) is 0 Å². The predicted molar refractivity (Wildman–Crippen MR) is 82.0 cm³/mol. The molecular weight excluding hydrogens is 296 g/mol. The molecule has 0 unspecified atom stereocenters. The molecule has 0 saturated carbocycles. The molecular formula is C16H18N4O3. The zero-order valence-corrected chi connectivity index (χ0v) is 12.9. The molecule has 0 atom stereocenters. The minimum Gasteiger partial charge on any atom is -0.465 e. The number of amides is 1. The van der Waals surface area contributed by atoms with Crippen LogP contribution in [0.15, 0.2) is 36.7 Å². The molecule has 0 aliphatic carbocycles. The molecule has 120 valence electrons. The fourth-order valence-electron chi connectivity index (χ4n) is 2.84. The average molecular weight is 314 g/mol. The highest BCUT2D eigenvalue weighted by Gasteiger charge is 2.27. The molecule has 1 aromatic carbocycles. The second kappa shape index (κ2) is 6.60. The number of rotatable bonds is 3. The predicted octanol–water partition coefficient (Wildman–Crippen LogP) is 1.54. The number of ether oxygens (including phenoxy) is 1. The first kappa shape index (κ1) is 15.2. The highest BCUT2D eigenvalue weighted by Crippen LogP contribution is 2.23. The second-order valence-corrected chi connectivity index (χ2v) is 5.41. The molecule has 0 N–H and O–H groups in total. The van der Waals surface area contributed by atoms with Crippen molar-refractivity contribution >= 4 is 11.9 Å². The van der Waals surface area contributed by atoms with Crippen LogP contribution in [-0.2, 0) is 4.74 Å². The molecule has 7 nitrogen and oxygen atoms in total. The number of esters is 1. The summed E-state index contributed by atoms with van der Waals surface area (Å²) in [5.74, 6) is -0.637. The summed E-state index contributed by atoms with van der Waals surface area (Å²) in [6.45, 7) is 1.22. The molecule has 1 aliphatic rings. The van der Waals surface area contributed by atoms with E-state index in [4.69, 9.17) is 4.74 Å². The summed E-state index contributed by atoms with van der Waals surface area (Å²) in [6, 6.07) is 6.96. The Labute approximate surface area is 133 Å². The number of nitrogens with zero attached hydrogens (tertiary/aromatic N) is 4. The molecule has 0 spiro atoms. The van der Waals surface area contributed by atoms with E-state index in [2.05, 4.69) is 10.2 Å². The van der Waals surface area contributed by atoms with Crippen molar-refractivity contribution in [1.82, 2.24) is 19.9 Å². The number of aromatic nitrogens is 3. The largest absolute Gasteiger partial charge is 0.465 e. The zero-order chi connectivity index (χ0) is 16.2. The van der Waals surface area contributed by atoms with Crippen LogP contribution in [0.1, 0.15) is 39.6 Å². The molecule has 1 saturated heterocycles. The Morgan fingerprint density at radius 3 is 2.30 bits per heavy atom. The third kappa shape index (κ3) is 3.08. The van der Waals surface area contributed by atoms with Crippen molar-refractivity contribution in [1.29, 1.82) is 0 Å². The molecule has 0 bridgehead atoms. The fraction of sp³-hybridized carbons (Fsp3) is 0.375. The Bertz CT molecular complexity index is 691. The lowest BCUT2D eigenvalue weighted by Gasteiger charge is -2.31. The minimum absolute atomic E-state index is 0.141. The van der Waals surface area contributed by atoms with Gasteiger partial charge in [0.05, 0.1) is 36.7 Å². The summed E-state index contributed by atoms with van der Waals surface area (Å²) in [4.78, 5) is 28.0. The number of carbonyl (C=O) groups excluding carboxylic acids is 2.